The molecular formula is C18H35N. The van der Waals surface area contributed by atoms with E-state index in [1.165, 1.54) is 77.0 Å². The van der Waals surface area contributed by atoms with E-state index < -0.39 is 0 Å². The summed E-state index contributed by atoms with van der Waals surface area (Å²) in [4.78, 5) is 0. The Hall–Kier alpha value is -0.0400. The maximum absolute atomic E-state index is 3.48. The Bertz CT molecular complexity index is 230. The van der Waals surface area contributed by atoms with Crippen LogP contribution in [-0.2, 0) is 0 Å². The van der Waals surface area contributed by atoms with Crippen molar-refractivity contribution in [3.63, 3.8) is 0 Å². The summed E-state index contributed by atoms with van der Waals surface area (Å²) in [6.45, 7) is 2.55. The maximum atomic E-state index is 3.48. The van der Waals surface area contributed by atoms with Gasteiger partial charge in [-0.25, -0.2) is 0 Å². The predicted molar refractivity (Wildman–Crippen MR) is 84.4 cm³/mol. The lowest BCUT2D eigenvalue weighted by Gasteiger charge is -2.37. The number of nitrogens with one attached hydrogen (secondary N) is 1. The molecule has 2 atom stereocenters. The highest BCUT2D eigenvalue weighted by molar-refractivity contribution is 4.83. The highest BCUT2D eigenvalue weighted by atomic mass is 14.9. The van der Waals surface area contributed by atoms with Crippen LogP contribution in [-0.4, -0.2) is 13.1 Å². The largest absolute Gasteiger partial charge is 0.317 e. The fourth-order valence-corrected chi connectivity index (χ4v) is 4.59. The Labute approximate surface area is 120 Å². The molecule has 1 nitrogen and oxygen atoms in total. The van der Waals surface area contributed by atoms with E-state index in [0.29, 0.717) is 0 Å². The van der Waals surface area contributed by atoms with Gasteiger partial charge in [0.05, 0.1) is 0 Å². The first kappa shape index (κ1) is 15.4. The van der Waals surface area contributed by atoms with Gasteiger partial charge in [-0.2, -0.15) is 0 Å². The molecule has 0 bridgehead atoms. The Morgan fingerprint density at radius 1 is 0.684 bits per heavy atom. The minimum atomic E-state index is 0.811. The summed E-state index contributed by atoms with van der Waals surface area (Å²) in [5.41, 5.74) is 0. The summed E-state index contributed by atoms with van der Waals surface area (Å²) >= 11 is 0. The van der Waals surface area contributed by atoms with Gasteiger partial charge in [-0.05, 0) is 56.9 Å². The molecule has 0 radical (unpaired) electrons. The van der Waals surface area contributed by atoms with Crippen molar-refractivity contribution in [3.8, 4) is 0 Å². The summed E-state index contributed by atoms with van der Waals surface area (Å²) in [6, 6.07) is 0.811. The Kier molecular flexibility index (Phi) is 6.70. The van der Waals surface area contributed by atoms with Crippen molar-refractivity contribution in [1.29, 1.82) is 0 Å². The number of hydrogen-bond donors (Lipinski definition) is 1. The van der Waals surface area contributed by atoms with Crippen LogP contribution in [0.5, 0.6) is 0 Å². The molecular weight excluding hydrogens is 230 g/mol. The van der Waals surface area contributed by atoms with Gasteiger partial charge < -0.3 is 5.32 Å². The van der Waals surface area contributed by atoms with Crippen LogP contribution < -0.4 is 5.32 Å². The zero-order chi connectivity index (χ0) is 13.5. The fraction of sp³-hybridized carbons (Fsp3) is 1.00. The van der Waals surface area contributed by atoms with Crippen LogP contribution >= 0.6 is 0 Å². The number of hydrogen-bond acceptors (Lipinski definition) is 1. The van der Waals surface area contributed by atoms with Crippen LogP contribution in [0.3, 0.4) is 0 Å². The quantitative estimate of drug-likeness (QED) is 0.728. The smallest absolute Gasteiger partial charge is 0.00642 e. The molecule has 2 aliphatic rings. The molecule has 0 heterocycles. The molecule has 112 valence electrons. The molecule has 2 unspecified atom stereocenters. The van der Waals surface area contributed by atoms with Crippen molar-refractivity contribution in [1.82, 2.24) is 5.32 Å². The van der Waals surface area contributed by atoms with Gasteiger partial charge in [0.25, 0.3) is 0 Å². The second-order valence-corrected chi connectivity index (χ2v) is 7.24. The first-order valence-electron chi connectivity index (χ1n) is 8.98. The SMILES string of the molecule is CNC1CCC(C2CCCCCCCCC2C)CC1. The van der Waals surface area contributed by atoms with Crippen LogP contribution in [0.15, 0.2) is 0 Å². The van der Waals surface area contributed by atoms with Crippen molar-refractivity contribution < 1.29 is 0 Å². The van der Waals surface area contributed by atoms with Crippen LogP contribution in [0.4, 0.5) is 0 Å². The first-order chi connectivity index (χ1) is 9.31. The lowest BCUT2D eigenvalue weighted by molar-refractivity contribution is 0.148. The van der Waals surface area contributed by atoms with Gasteiger partial charge in [-0.15, -0.1) is 0 Å². The minimum absolute atomic E-state index is 0.811. The highest BCUT2D eigenvalue weighted by Gasteiger charge is 2.30. The van der Waals surface area contributed by atoms with Crippen LogP contribution in [0.1, 0.15) is 84.0 Å². The van der Waals surface area contributed by atoms with Crippen molar-refractivity contribution in [2.24, 2.45) is 17.8 Å². The molecule has 2 saturated carbocycles. The summed E-state index contributed by atoms with van der Waals surface area (Å²) < 4.78 is 0. The Balaban J connectivity index is 1.86. The normalized spacial score (nSPS) is 38.8. The van der Waals surface area contributed by atoms with Crippen LogP contribution in [0.25, 0.3) is 0 Å². The zero-order valence-corrected chi connectivity index (χ0v) is 13.3. The molecule has 0 aromatic rings. The molecule has 0 aromatic heterocycles. The van der Waals surface area contributed by atoms with E-state index in [1.54, 1.807) is 0 Å². The van der Waals surface area contributed by atoms with Crippen molar-refractivity contribution >= 4 is 0 Å². The van der Waals surface area contributed by atoms with E-state index in [2.05, 4.69) is 19.3 Å². The van der Waals surface area contributed by atoms with Crippen molar-refractivity contribution in [2.45, 2.75) is 90.0 Å². The highest BCUT2D eigenvalue weighted by Crippen LogP contribution is 2.39. The van der Waals surface area contributed by atoms with Crippen molar-refractivity contribution in [3.05, 3.63) is 0 Å². The standard InChI is InChI=1S/C18H35N/c1-15-9-7-5-3-4-6-8-10-18(15)16-11-13-17(19-2)14-12-16/h15-19H,3-14H2,1-2H3. The summed E-state index contributed by atoms with van der Waals surface area (Å²) in [7, 11) is 2.14. The van der Waals surface area contributed by atoms with Gasteiger partial charge in [-0.1, -0.05) is 51.9 Å². The van der Waals surface area contributed by atoms with E-state index in [-0.39, 0.29) is 0 Å². The zero-order valence-electron chi connectivity index (χ0n) is 13.3. The molecule has 1 N–H and O–H groups in total. The second kappa shape index (κ2) is 8.29. The van der Waals surface area contributed by atoms with Gasteiger partial charge in [0.2, 0.25) is 0 Å². The number of rotatable bonds is 2. The lowest BCUT2D eigenvalue weighted by atomic mass is 9.70. The summed E-state index contributed by atoms with van der Waals surface area (Å²) in [5.74, 6) is 3.06. The molecule has 0 spiro atoms. The molecule has 0 aromatic carbocycles. The van der Waals surface area contributed by atoms with E-state index >= 15 is 0 Å². The van der Waals surface area contributed by atoms with Crippen LogP contribution in [0, 0.1) is 17.8 Å². The molecule has 0 saturated heterocycles. The van der Waals surface area contributed by atoms with Gasteiger partial charge >= 0.3 is 0 Å². The predicted octanol–water partition coefficient (Wildman–Crippen LogP) is 5.15. The molecule has 0 aliphatic heterocycles. The molecule has 1 heteroatoms. The van der Waals surface area contributed by atoms with E-state index in [1.807, 2.05) is 0 Å². The monoisotopic (exact) mass is 265 g/mol. The van der Waals surface area contributed by atoms with Crippen molar-refractivity contribution in [2.75, 3.05) is 7.05 Å². The minimum Gasteiger partial charge on any atom is -0.317 e. The van der Waals surface area contributed by atoms with E-state index in [4.69, 9.17) is 0 Å². The average Bonchev–Trinajstić information content (AvgIpc) is 2.46. The third kappa shape index (κ3) is 4.77. The molecule has 2 rings (SSSR count). The molecule has 2 fully saturated rings. The molecule has 2 aliphatic carbocycles. The third-order valence-electron chi connectivity index (χ3n) is 5.96. The van der Waals surface area contributed by atoms with Gasteiger partial charge in [0, 0.05) is 6.04 Å². The van der Waals surface area contributed by atoms with E-state index in [9.17, 15) is 0 Å². The van der Waals surface area contributed by atoms with Gasteiger partial charge in [-0.3, -0.25) is 0 Å². The van der Waals surface area contributed by atoms with Gasteiger partial charge in [0.1, 0.15) is 0 Å². The Morgan fingerprint density at radius 2 is 1.26 bits per heavy atom. The van der Waals surface area contributed by atoms with E-state index in [0.717, 1.165) is 23.8 Å². The molecule has 19 heavy (non-hydrogen) atoms. The summed E-state index contributed by atoms with van der Waals surface area (Å²) in [5, 5.41) is 3.48. The topological polar surface area (TPSA) is 12.0 Å². The fourth-order valence-electron chi connectivity index (χ4n) is 4.59. The summed E-state index contributed by atoms with van der Waals surface area (Å²) in [6.07, 6.45) is 17.8. The van der Waals surface area contributed by atoms with Gasteiger partial charge in [0.15, 0.2) is 0 Å². The lowest BCUT2D eigenvalue weighted by Crippen LogP contribution is -2.34. The molecule has 0 amide bonds. The second-order valence-electron chi connectivity index (χ2n) is 7.24. The average molecular weight is 265 g/mol. The third-order valence-corrected chi connectivity index (χ3v) is 5.96. The van der Waals surface area contributed by atoms with Crippen LogP contribution in [0.2, 0.25) is 0 Å². The Morgan fingerprint density at radius 3 is 1.89 bits per heavy atom. The maximum Gasteiger partial charge on any atom is 0.00642 e. The first-order valence-corrected chi connectivity index (χ1v) is 8.98.